The second-order valence-electron chi connectivity index (χ2n) is 7.97. The molecule has 0 aliphatic carbocycles. The lowest BCUT2D eigenvalue weighted by atomic mass is 9.82. The summed E-state index contributed by atoms with van der Waals surface area (Å²) in [6.07, 6.45) is 4.49. The maximum absolute atomic E-state index is 5.96. The van der Waals surface area contributed by atoms with E-state index in [9.17, 15) is 0 Å². The molecule has 1 aliphatic rings. The van der Waals surface area contributed by atoms with Crippen LogP contribution in [0.1, 0.15) is 52.5 Å². The molecular formula is C19H30ClNO. The third-order valence-corrected chi connectivity index (χ3v) is 4.78. The monoisotopic (exact) mass is 323 g/mol. The molecule has 3 heteroatoms. The van der Waals surface area contributed by atoms with Crippen molar-refractivity contribution in [3.63, 3.8) is 0 Å². The summed E-state index contributed by atoms with van der Waals surface area (Å²) in [5.74, 6) is 0. The Kier molecular flexibility index (Phi) is 5.93. The van der Waals surface area contributed by atoms with E-state index in [1.54, 1.807) is 0 Å². The van der Waals surface area contributed by atoms with Crippen molar-refractivity contribution in [2.45, 2.75) is 65.0 Å². The molecule has 1 unspecified atom stereocenters. The average Bonchev–Trinajstić information content (AvgIpc) is 2.40. The first-order valence-electron chi connectivity index (χ1n) is 8.38. The van der Waals surface area contributed by atoms with Gasteiger partial charge in [0.25, 0.3) is 0 Å². The van der Waals surface area contributed by atoms with Gasteiger partial charge in [0.15, 0.2) is 0 Å². The number of nitrogens with one attached hydrogen (secondary N) is 1. The van der Waals surface area contributed by atoms with Crippen LogP contribution in [-0.2, 0) is 11.2 Å². The Morgan fingerprint density at radius 1 is 1.27 bits per heavy atom. The summed E-state index contributed by atoms with van der Waals surface area (Å²) in [5.41, 5.74) is 1.68. The maximum Gasteiger partial charge on any atom is 0.0641 e. The Morgan fingerprint density at radius 3 is 2.59 bits per heavy atom. The van der Waals surface area contributed by atoms with Gasteiger partial charge in [0, 0.05) is 17.7 Å². The van der Waals surface area contributed by atoms with E-state index < -0.39 is 0 Å². The van der Waals surface area contributed by atoms with Crippen LogP contribution in [0.2, 0.25) is 5.02 Å². The van der Waals surface area contributed by atoms with Gasteiger partial charge in [0.05, 0.1) is 5.60 Å². The molecule has 2 rings (SSSR count). The topological polar surface area (TPSA) is 21.3 Å². The lowest BCUT2D eigenvalue weighted by Crippen LogP contribution is -2.44. The molecule has 0 spiro atoms. The average molecular weight is 324 g/mol. The molecule has 124 valence electrons. The van der Waals surface area contributed by atoms with Crippen LogP contribution in [-0.4, -0.2) is 24.8 Å². The molecule has 0 bridgehead atoms. The number of hydrogen-bond donors (Lipinski definition) is 1. The first kappa shape index (κ1) is 17.8. The fourth-order valence-electron chi connectivity index (χ4n) is 3.26. The van der Waals surface area contributed by atoms with Crippen LogP contribution in [0, 0.1) is 5.41 Å². The van der Waals surface area contributed by atoms with Crippen LogP contribution in [0.5, 0.6) is 0 Å². The van der Waals surface area contributed by atoms with Crippen molar-refractivity contribution >= 4 is 11.6 Å². The minimum absolute atomic E-state index is 0.0226. The van der Waals surface area contributed by atoms with Crippen LogP contribution < -0.4 is 5.32 Å². The van der Waals surface area contributed by atoms with E-state index in [0.717, 1.165) is 37.4 Å². The van der Waals surface area contributed by atoms with Gasteiger partial charge < -0.3 is 10.1 Å². The highest BCUT2D eigenvalue weighted by molar-refractivity contribution is 6.30. The summed E-state index contributed by atoms with van der Waals surface area (Å²) in [5, 5.41) is 4.54. The summed E-state index contributed by atoms with van der Waals surface area (Å²) in [6, 6.07) is 8.83. The van der Waals surface area contributed by atoms with Gasteiger partial charge in [0.2, 0.25) is 0 Å². The van der Waals surface area contributed by atoms with Crippen LogP contribution in [0.15, 0.2) is 24.3 Å². The van der Waals surface area contributed by atoms with Crippen LogP contribution >= 0.6 is 11.6 Å². The SMILES string of the molecule is CC(C)(CCNC1CCOC(C)(C)C1)Cc1ccc(Cl)cc1. The van der Waals surface area contributed by atoms with Crippen molar-refractivity contribution in [2.75, 3.05) is 13.2 Å². The molecule has 1 aromatic carbocycles. The van der Waals surface area contributed by atoms with Gasteiger partial charge in [-0.15, -0.1) is 0 Å². The van der Waals surface area contributed by atoms with Crippen molar-refractivity contribution in [1.82, 2.24) is 5.32 Å². The molecule has 22 heavy (non-hydrogen) atoms. The van der Waals surface area contributed by atoms with E-state index in [4.69, 9.17) is 16.3 Å². The Morgan fingerprint density at radius 2 is 1.95 bits per heavy atom. The summed E-state index contributed by atoms with van der Waals surface area (Å²) in [7, 11) is 0. The number of benzene rings is 1. The highest BCUT2D eigenvalue weighted by atomic mass is 35.5. The molecule has 1 heterocycles. The van der Waals surface area contributed by atoms with Crippen LogP contribution in [0.3, 0.4) is 0 Å². The lowest BCUT2D eigenvalue weighted by molar-refractivity contribution is -0.0629. The zero-order valence-electron chi connectivity index (χ0n) is 14.4. The first-order chi connectivity index (χ1) is 10.3. The normalized spacial score (nSPS) is 21.8. The molecule has 1 fully saturated rings. The second-order valence-corrected chi connectivity index (χ2v) is 8.41. The molecule has 1 saturated heterocycles. The predicted molar refractivity (Wildman–Crippen MR) is 94.6 cm³/mol. The standard InChI is InChI=1S/C19H30ClNO/c1-18(2,13-15-5-7-16(20)8-6-15)10-11-21-17-9-12-22-19(3,4)14-17/h5-8,17,21H,9-14H2,1-4H3. The van der Waals surface area contributed by atoms with Gasteiger partial charge in [-0.3, -0.25) is 0 Å². The van der Waals surface area contributed by atoms with Gasteiger partial charge in [0.1, 0.15) is 0 Å². The van der Waals surface area contributed by atoms with Crippen molar-refractivity contribution < 1.29 is 4.74 Å². The van der Waals surface area contributed by atoms with Gasteiger partial charge in [-0.25, -0.2) is 0 Å². The van der Waals surface area contributed by atoms with Crippen LogP contribution in [0.4, 0.5) is 0 Å². The lowest BCUT2D eigenvalue weighted by Gasteiger charge is -2.36. The predicted octanol–water partition coefficient (Wildman–Crippen LogP) is 4.85. The minimum Gasteiger partial charge on any atom is -0.375 e. The van der Waals surface area contributed by atoms with E-state index >= 15 is 0 Å². The van der Waals surface area contributed by atoms with E-state index in [2.05, 4.69) is 45.1 Å². The fourth-order valence-corrected chi connectivity index (χ4v) is 3.39. The molecule has 2 nitrogen and oxygen atoms in total. The quantitative estimate of drug-likeness (QED) is 0.808. The van der Waals surface area contributed by atoms with Gasteiger partial charge in [-0.2, -0.15) is 0 Å². The second kappa shape index (κ2) is 7.33. The van der Waals surface area contributed by atoms with E-state index in [1.165, 1.54) is 12.0 Å². The van der Waals surface area contributed by atoms with E-state index in [0.29, 0.717) is 11.5 Å². The molecule has 1 atom stereocenters. The molecule has 0 saturated carbocycles. The highest BCUT2D eigenvalue weighted by Crippen LogP contribution is 2.27. The number of rotatable bonds is 6. The summed E-state index contributed by atoms with van der Waals surface area (Å²) in [4.78, 5) is 0. The fraction of sp³-hybridized carbons (Fsp3) is 0.684. The summed E-state index contributed by atoms with van der Waals surface area (Å²) in [6.45, 7) is 11.0. The zero-order chi connectivity index (χ0) is 16.2. The molecular weight excluding hydrogens is 294 g/mol. The summed E-state index contributed by atoms with van der Waals surface area (Å²) < 4.78 is 5.78. The van der Waals surface area contributed by atoms with Gasteiger partial charge >= 0.3 is 0 Å². The van der Waals surface area contributed by atoms with Crippen molar-refractivity contribution in [2.24, 2.45) is 5.41 Å². The molecule has 0 aromatic heterocycles. The maximum atomic E-state index is 5.96. The zero-order valence-corrected chi connectivity index (χ0v) is 15.2. The van der Waals surface area contributed by atoms with E-state index in [-0.39, 0.29) is 5.60 Å². The Balaban J connectivity index is 1.76. The van der Waals surface area contributed by atoms with E-state index in [1.807, 2.05) is 12.1 Å². The highest BCUT2D eigenvalue weighted by Gasteiger charge is 2.28. The summed E-state index contributed by atoms with van der Waals surface area (Å²) >= 11 is 5.96. The van der Waals surface area contributed by atoms with Crippen molar-refractivity contribution in [1.29, 1.82) is 0 Å². The Labute approximate surface area is 140 Å². The van der Waals surface area contributed by atoms with Crippen molar-refractivity contribution in [3.8, 4) is 0 Å². The Hall–Kier alpha value is -0.570. The van der Waals surface area contributed by atoms with Crippen molar-refractivity contribution in [3.05, 3.63) is 34.9 Å². The molecule has 1 N–H and O–H groups in total. The number of hydrogen-bond acceptors (Lipinski definition) is 2. The smallest absolute Gasteiger partial charge is 0.0641 e. The molecule has 1 aliphatic heterocycles. The molecule has 1 aromatic rings. The minimum atomic E-state index is 0.0226. The number of ether oxygens (including phenoxy) is 1. The molecule has 0 amide bonds. The van der Waals surface area contributed by atoms with Gasteiger partial charge in [-0.05, 0) is 69.2 Å². The molecule has 0 radical (unpaired) electrons. The number of halogens is 1. The van der Waals surface area contributed by atoms with Gasteiger partial charge in [-0.1, -0.05) is 37.6 Å². The first-order valence-corrected chi connectivity index (χ1v) is 8.75. The van der Waals surface area contributed by atoms with Crippen LogP contribution in [0.25, 0.3) is 0 Å². The third-order valence-electron chi connectivity index (χ3n) is 4.53. The third kappa shape index (κ3) is 5.91. The largest absolute Gasteiger partial charge is 0.375 e. The Bertz CT molecular complexity index is 467.